The molecular weight excluding hydrogens is 210 g/mol. The average Bonchev–Trinajstić information content (AvgIpc) is 2.29. The monoisotopic (exact) mass is 233 g/mol. The first-order chi connectivity index (χ1) is 8.04. The van der Waals surface area contributed by atoms with Gasteiger partial charge < -0.3 is 5.73 Å². The van der Waals surface area contributed by atoms with E-state index in [0.29, 0.717) is 12.3 Å². The zero-order valence-corrected chi connectivity index (χ0v) is 11.1. The fourth-order valence-electron chi connectivity index (χ4n) is 1.88. The highest BCUT2D eigenvalue weighted by molar-refractivity contribution is 5.96. The van der Waals surface area contributed by atoms with Gasteiger partial charge in [-0.3, -0.25) is 4.79 Å². The van der Waals surface area contributed by atoms with Crippen LogP contribution < -0.4 is 5.73 Å². The van der Waals surface area contributed by atoms with Gasteiger partial charge in [0.15, 0.2) is 5.78 Å². The summed E-state index contributed by atoms with van der Waals surface area (Å²) in [6, 6.07) is 7.89. The van der Waals surface area contributed by atoms with E-state index in [1.54, 1.807) is 0 Å². The molecule has 1 aromatic rings. The van der Waals surface area contributed by atoms with E-state index in [1.807, 2.05) is 24.3 Å². The minimum Gasteiger partial charge on any atom is -0.327 e. The van der Waals surface area contributed by atoms with Gasteiger partial charge in [0.25, 0.3) is 0 Å². The molecule has 0 fully saturated rings. The lowest BCUT2D eigenvalue weighted by Gasteiger charge is -2.10. The minimum atomic E-state index is -0.00252. The largest absolute Gasteiger partial charge is 0.327 e. The smallest absolute Gasteiger partial charge is 0.164 e. The van der Waals surface area contributed by atoms with E-state index in [0.717, 1.165) is 18.4 Å². The third-order valence-electron chi connectivity index (χ3n) is 3.01. The van der Waals surface area contributed by atoms with E-state index < -0.39 is 0 Å². The molecule has 0 aromatic heterocycles. The van der Waals surface area contributed by atoms with E-state index in [9.17, 15) is 4.79 Å². The standard InChI is InChI=1S/C15H23NO/c1-4-5-14(16)10-15(17)13-8-6-12(7-9-13)11(2)3/h6-9,11,14H,4-5,10,16H2,1-3H3. The molecule has 2 heteroatoms. The molecule has 1 rings (SSSR count). The van der Waals surface area contributed by atoms with Gasteiger partial charge in [0, 0.05) is 18.0 Å². The molecule has 0 spiro atoms. The van der Waals surface area contributed by atoms with Crippen LogP contribution in [0.1, 0.15) is 61.9 Å². The van der Waals surface area contributed by atoms with Crippen LogP contribution in [0.3, 0.4) is 0 Å². The molecule has 2 nitrogen and oxygen atoms in total. The first-order valence-corrected chi connectivity index (χ1v) is 6.43. The number of benzene rings is 1. The Hall–Kier alpha value is -1.15. The summed E-state index contributed by atoms with van der Waals surface area (Å²) in [5, 5.41) is 0. The predicted octanol–water partition coefficient (Wildman–Crippen LogP) is 3.51. The molecule has 0 aliphatic carbocycles. The van der Waals surface area contributed by atoms with Gasteiger partial charge in [-0.05, 0) is 17.9 Å². The van der Waals surface area contributed by atoms with Crippen LogP contribution in [0, 0.1) is 0 Å². The first-order valence-electron chi connectivity index (χ1n) is 6.43. The quantitative estimate of drug-likeness (QED) is 0.764. The summed E-state index contributed by atoms with van der Waals surface area (Å²) in [5.74, 6) is 0.655. The maximum Gasteiger partial charge on any atom is 0.164 e. The molecule has 0 bridgehead atoms. The van der Waals surface area contributed by atoms with Crippen molar-refractivity contribution in [1.29, 1.82) is 0 Å². The molecular formula is C15H23NO. The third-order valence-corrected chi connectivity index (χ3v) is 3.01. The Balaban J connectivity index is 2.63. The highest BCUT2D eigenvalue weighted by Gasteiger charge is 2.11. The fraction of sp³-hybridized carbons (Fsp3) is 0.533. The zero-order valence-electron chi connectivity index (χ0n) is 11.1. The van der Waals surface area contributed by atoms with Crippen molar-refractivity contribution in [3.63, 3.8) is 0 Å². The lowest BCUT2D eigenvalue weighted by atomic mass is 9.97. The molecule has 1 unspecified atom stereocenters. The zero-order chi connectivity index (χ0) is 12.8. The van der Waals surface area contributed by atoms with E-state index in [1.165, 1.54) is 5.56 Å². The van der Waals surface area contributed by atoms with E-state index in [4.69, 9.17) is 5.73 Å². The number of Topliss-reactive ketones (excluding diaryl/α,β-unsaturated/α-hetero) is 1. The van der Waals surface area contributed by atoms with Gasteiger partial charge in [0.2, 0.25) is 0 Å². The molecule has 0 aliphatic rings. The maximum atomic E-state index is 11.9. The lowest BCUT2D eigenvalue weighted by Crippen LogP contribution is -2.23. The Kier molecular flexibility index (Phi) is 5.36. The van der Waals surface area contributed by atoms with Crippen LogP contribution in [0.5, 0.6) is 0 Å². The van der Waals surface area contributed by atoms with Crippen molar-refractivity contribution in [3.8, 4) is 0 Å². The number of hydrogen-bond donors (Lipinski definition) is 1. The Morgan fingerprint density at radius 1 is 1.24 bits per heavy atom. The number of nitrogens with two attached hydrogens (primary N) is 1. The van der Waals surface area contributed by atoms with Crippen molar-refractivity contribution in [3.05, 3.63) is 35.4 Å². The van der Waals surface area contributed by atoms with Crippen LogP contribution in [-0.2, 0) is 0 Å². The summed E-state index contributed by atoms with van der Waals surface area (Å²) in [4.78, 5) is 11.9. The van der Waals surface area contributed by atoms with Crippen molar-refractivity contribution < 1.29 is 4.79 Å². The summed E-state index contributed by atoms with van der Waals surface area (Å²) < 4.78 is 0. The number of ketones is 1. The lowest BCUT2D eigenvalue weighted by molar-refractivity contribution is 0.0973. The third kappa shape index (κ3) is 4.31. The predicted molar refractivity (Wildman–Crippen MR) is 72.4 cm³/mol. The number of hydrogen-bond acceptors (Lipinski definition) is 2. The summed E-state index contributed by atoms with van der Waals surface area (Å²) in [7, 11) is 0. The van der Waals surface area contributed by atoms with E-state index >= 15 is 0 Å². The second kappa shape index (κ2) is 6.55. The molecule has 1 atom stereocenters. The summed E-state index contributed by atoms with van der Waals surface area (Å²) in [5.41, 5.74) is 7.92. The Morgan fingerprint density at radius 2 is 1.82 bits per heavy atom. The normalized spacial score (nSPS) is 12.8. The number of rotatable bonds is 6. The molecule has 2 N–H and O–H groups in total. The van der Waals surface area contributed by atoms with Crippen LogP contribution in [0.15, 0.2) is 24.3 Å². The Labute approximate surface area is 104 Å². The van der Waals surface area contributed by atoms with Gasteiger partial charge in [0.05, 0.1) is 0 Å². The molecule has 0 saturated heterocycles. The Morgan fingerprint density at radius 3 is 2.29 bits per heavy atom. The molecule has 0 heterocycles. The van der Waals surface area contributed by atoms with Crippen molar-refractivity contribution in [2.75, 3.05) is 0 Å². The van der Waals surface area contributed by atoms with Gasteiger partial charge in [-0.15, -0.1) is 0 Å². The van der Waals surface area contributed by atoms with E-state index in [-0.39, 0.29) is 11.8 Å². The minimum absolute atomic E-state index is 0.00252. The Bertz CT molecular complexity index is 354. The van der Waals surface area contributed by atoms with Crippen molar-refractivity contribution >= 4 is 5.78 Å². The van der Waals surface area contributed by atoms with Crippen LogP contribution >= 0.6 is 0 Å². The highest BCUT2D eigenvalue weighted by atomic mass is 16.1. The van der Waals surface area contributed by atoms with Crippen LogP contribution in [0.4, 0.5) is 0 Å². The molecule has 0 radical (unpaired) electrons. The van der Waals surface area contributed by atoms with Crippen molar-refractivity contribution in [1.82, 2.24) is 0 Å². The SMILES string of the molecule is CCCC(N)CC(=O)c1ccc(C(C)C)cc1. The molecule has 0 amide bonds. The van der Waals surface area contributed by atoms with Gasteiger partial charge in [-0.2, -0.15) is 0 Å². The summed E-state index contributed by atoms with van der Waals surface area (Å²) >= 11 is 0. The molecule has 1 aromatic carbocycles. The average molecular weight is 233 g/mol. The highest BCUT2D eigenvalue weighted by Crippen LogP contribution is 2.16. The van der Waals surface area contributed by atoms with Gasteiger partial charge in [0.1, 0.15) is 0 Å². The van der Waals surface area contributed by atoms with E-state index in [2.05, 4.69) is 20.8 Å². The van der Waals surface area contributed by atoms with Crippen LogP contribution in [-0.4, -0.2) is 11.8 Å². The summed E-state index contributed by atoms with van der Waals surface area (Å²) in [6.07, 6.45) is 2.39. The van der Waals surface area contributed by atoms with Crippen LogP contribution in [0.2, 0.25) is 0 Å². The topological polar surface area (TPSA) is 43.1 Å². The maximum absolute atomic E-state index is 11.9. The number of carbonyl (C=O) groups is 1. The molecule has 17 heavy (non-hydrogen) atoms. The first kappa shape index (κ1) is 13.9. The molecule has 0 aliphatic heterocycles. The fourth-order valence-corrected chi connectivity index (χ4v) is 1.88. The van der Waals surface area contributed by atoms with Gasteiger partial charge in [-0.25, -0.2) is 0 Å². The summed E-state index contributed by atoms with van der Waals surface area (Å²) in [6.45, 7) is 6.38. The van der Waals surface area contributed by atoms with Crippen molar-refractivity contribution in [2.45, 2.75) is 52.0 Å². The van der Waals surface area contributed by atoms with Crippen molar-refractivity contribution in [2.24, 2.45) is 5.73 Å². The second-order valence-electron chi connectivity index (χ2n) is 4.95. The molecule has 0 saturated carbocycles. The number of carbonyl (C=O) groups excluding carboxylic acids is 1. The van der Waals surface area contributed by atoms with Gasteiger partial charge >= 0.3 is 0 Å². The molecule has 94 valence electrons. The van der Waals surface area contributed by atoms with Crippen LogP contribution in [0.25, 0.3) is 0 Å². The van der Waals surface area contributed by atoms with Gasteiger partial charge in [-0.1, -0.05) is 51.5 Å². The second-order valence-corrected chi connectivity index (χ2v) is 4.95.